The van der Waals surface area contributed by atoms with Crippen LogP contribution >= 0.6 is 0 Å². The van der Waals surface area contributed by atoms with Crippen molar-refractivity contribution in [3.8, 4) is 11.5 Å². The van der Waals surface area contributed by atoms with E-state index in [4.69, 9.17) is 0 Å². The molecule has 0 aromatic heterocycles. The van der Waals surface area contributed by atoms with Crippen molar-refractivity contribution in [1.29, 1.82) is 0 Å². The first-order valence-corrected chi connectivity index (χ1v) is 6.92. The molecule has 23 heavy (non-hydrogen) atoms. The molecule has 0 unspecified atom stereocenters. The average molecular weight is 312 g/mol. The standard InChI is InChI=1S/C17H12O6/c1-2-7-10(17(22)23)16(21)12-11(13(7)18)14(19)8-5-3-4-6-9(8)15(12)20/h3-6,18,21H,2H2,1H3,(H,22,23). The van der Waals surface area contributed by atoms with E-state index >= 15 is 0 Å². The number of fused-ring (bicyclic) bond motifs is 2. The Balaban J connectivity index is 2.46. The lowest BCUT2D eigenvalue weighted by Gasteiger charge is -2.22. The van der Waals surface area contributed by atoms with Crippen molar-refractivity contribution in [3.63, 3.8) is 0 Å². The zero-order valence-corrected chi connectivity index (χ0v) is 12.1. The molecular weight excluding hydrogens is 300 g/mol. The minimum absolute atomic E-state index is 0.0697. The van der Waals surface area contributed by atoms with E-state index in [2.05, 4.69) is 0 Å². The third-order valence-corrected chi connectivity index (χ3v) is 3.99. The van der Waals surface area contributed by atoms with Crippen molar-refractivity contribution in [2.24, 2.45) is 0 Å². The summed E-state index contributed by atoms with van der Waals surface area (Å²) < 4.78 is 0. The summed E-state index contributed by atoms with van der Waals surface area (Å²) in [4.78, 5) is 36.6. The fraction of sp³-hybridized carbons (Fsp3) is 0.118. The molecule has 0 bridgehead atoms. The molecule has 2 aromatic carbocycles. The monoisotopic (exact) mass is 312 g/mol. The number of aromatic carboxylic acids is 1. The number of phenols is 2. The Morgan fingerprint density at radius 1 is 0.957 bits per heavy atom. The van der Waals surface area contributed by atoms with E-state index in [1.54, 1.807) is 19.1 Å². The Hall–Kier alpha value is -3.15. The molecule has 0 spiro atoms. The molecule has 6 heteroatoms. The second-order valence-corrected chi connectivity index (χ2v) is 5.16. The van der Waals surface area contributed by atoms with Crippen LogP contribution in [-0.4, -0.2) is 32.9 Å². The second kappa shape index (κ2) is 4.95. The lowest BCUT2D eigenvalue weighted by Crippen LogP contribution is -2.23. The number of ketones is 2. The summed E-state index contributed by atoms with van der Waals surface area (Å²) in [6, 6.07) is 6.01. The molecule has 116 valence electrons. The summed E-state index contributed by atoms with van der Waals surface area (Å²) in [6.45, 7) is 1.58. The lowest BCUT2D eigenvalue weighted by molar-refractivity contribution is 0.0691. The van der Waals surface area contributed by atoms with Crippen LogP contribution in [0.1, 0.15) is 54.7 Å². The zero-order valence-electron chi connectivity index (χ0n) is 12.1. The first kappa shape index (κ1) is 14.8. The number of carbonyl (C=O) groups excluding carboxylic acids is 2. The molecule has 0 heterocycles. The van der Waals surface area contributed by atoms with Crippen LogP contribution in [0.25, 0.3) is 0 Å². The fourth-order valence-corrected chi connectivity index (χ4v) is 2.94. The van der Waals surface area contributed by atoms with Crippen molar-refractivity contribution in [3.05, 3.63) is 57.6 Å². The molecule has 0 radical (unpaired) electrons. The molecule has 0 aliphatic heterocycles. The number of hydrogen-bond acceptors (Lipinski definition) is 5. The van der Waals surface area contributed by atoms with Gasteiger partial charge in [0.25, 0.3) is 0 Å². The van der Waals surface area contributed by atoms with Crippen LogP contribution in [0.4, 0.5) is 0 Å². The molecule has 0 atom stereocenters. The molecule has 2 aromatic rings. The molecule has 0 saturated heterocycles. The van der Waals surface area contributed by atoms with E-state index in [1.807, 2.05) is 0 Å². The molecule has 0 saturated carbocycles. The maximum atomic E-state index is 12.6. The molecule has 3 rings (SSSR count). The van der Waals surface area contributed by atoms with Gasteiger partial charge in [-0.15, -0.1) is 0 Å². The smallest absolute Gasteiger partial charge is 0.339 e. The Morgan fingerprint density at radius 3 is 1.87 bits per heavy atom. The number of hydrogen-bond donors (Lipinski definition) is 3. The summed E-state index contributed by atoms with van der Waals surface area (Å²) in [7, 11) is 0. The molecule has 6 nitrogen and oxygen atoms in total. The molecule has 1 aliphatic rings. The van der Waals surface area contributed by atoms with E-state index in [1.165, 1.54) is 12.1 Å². The van der Waals surface area contributed by atoms with Crippen molar-refractivity contribution < 1.29 is 29.7 Å². The van der Waals surface area contributed by atoms with E-state index in [0.29, 0.717) is 0 Å². The van der Waals surface area contributed by atoms with E-state index in [9.17, 15) is 29.7 Å². The molecular formula is C17H12O6. The predicted octanol–water partition coefficient (Wildman–Crippen LogP) is 2.13. The molecule has 0 amide bonds. The van der Waals surface area contributed by atoms with E-state index < -0.39 is 40.2 Å². The van der Waals surface area contributed by atoms with Crippen molar-refractivity contribution >= 4 is 17.5 Å². The van der Waals surface area contributed by atoms with Gasteiger partial charge < -0.3 is 15.3 Å². The van der Waals surface area contributed by atoms with Crippen LogP contribution in [0.2, 0.25) is 0 Å². The third kappa shape index (κ3) is 1.85. The fourth-order valence-electron chi connectivity index (χ4n) is 2.94. The Labute approximate surface area is 130 Å². The van der Waals surface area contributed by atoms with Gasteiger partial charge in [0.15, 0.2) is 11.6 Å². The van der Waals surface area contributed by atoms with Gasteiger partial charge in [0.05, 0.1) is 11.1 Å². The summed E-state index contributed by atoms with van der Waals surface area (Å²) in [5.74, 6) is -4.13. The van der Waals surface area contributed by atoms with Crippen molar-refractivity contribution in [2.75, 3.05) is 0 Å². The topological polar surface area (TPSA) is 112 Å². The predicted molar refractivity (Wildman–Crippen MR) is 79.4 cm³/mol. The summed E-state index contributed by atoms with van der Waals surface area (Å²) in [5.41, 5.74) is -1.24. The number of aromatic hydroxyl groups is 2. The van der Waals surface area contributed by atoms with Gasteiger partial charge in [-0.25, -0.2) is 4.79 Å². The van der Waals surface area contributed by atoms with Crippen molar-refractivity contribution in [2.45, 2.75) is 13.3 Å². The minimum Gasteiger partial charge on any atom is -0.507 e. The largest absolute Gasteiger partial charge is 0.507 e. The average Bonchev–Trinajstić information content (AvgIpc) is 2.53. The van der Waals surface area contributed by atoms with Gasteiger partial charge in [0, 0.05) is 16.7 Å². The van der Waals surface area contributed by atoms with Crippen LogP contribution in [0, 0.1) is 0 Å². The van der Waals surface area contributed by atoms with Crippen LogP contribution < -0.4 is 0 Å². The van der Waals surface area contributed by atoms with Gasteiger partial charge in [-0.05, 0) is 6.42 Å². The van der Waals surface area contributed by atoms with Gasteiger partial charge in [0.2, 0.25) is 0 Å². The number of carbonyl (C=O) groups is 3. The first-order chi connectivity index (χ1) is 10.9. The van der Waals surface area contributed by atoms with Gasteiger partial charge in [-0.3, -0.25) is 9.59 Å². The summed E-state index contributed by atoms with van der Waals surface area (Å²) in [6.07, 6.45) is 0.0808. The minimum atomic E-state index is -1.48. The van der Waals surface area contributed by atoms with Gasteiger partial charge in [0.1, 0.15) is 17.1 Å². The van der Waals surface area contributed by atoms with Crippen molar-refractivity contribution in [1.82, 2.24) is 0 Å². The van der Waals surface area contributed by atoms with Crippen LogP contribution in [-0.2, 0) is 6.42 Å². The Bertz CT molecular complexity index is 894. The lowest BCUT2D eigenvalue weighted by atomic mass is 9.80. The Kier molecular flexibility index (Phi) is 3.18. The number of benzene rings is 2. The van der Waals surface area contributed by atoms with Gasteiger partial charge in [-0.2, -0.15) is 0 Å². The highest BCUT2D eigenvalue weighted by molar-refractivity contribution is 6.31. The molecule has 0 fully saturated rings. The zero-order chi connectivity index (χ0) is 16.9. The van der Waals surface area contributed by atoms with Gasteiger partial charge >= 0.3 is 5.97 Å². The number of phenolic OH excluding ortho intramolecular Hbond substituents is 1. The van der Waals surface area contributed by atoms with E-state index in [-0.39, 0.29) is 28.7 Å². The van der Waals surface area contributed by atoms with E-state index in [0.717, 1.165) is 0 Å². The number of rotatable bonds is 2. The number of carboxylic acid groups (broad SMARTS) is 1. The maximum Gasteiger partial charge on any atom is 0.339 e. The molecule has 1 aliphatic carbocycles. The maximum absolute atomic E-state index is 12.6. The quantitative estimate of drug-likeness (QED) is 0.625. The normalized spacial score (nSPS) is 12.7. The SMILES string of the molecule is CCc1c(O)c2c(c(O)c1C(=O)O)C(=O)c1ccccc1C2=O. The highest BCUT2D eigenvalue weighted by Gasteiger charge is 2.38. The number of carboxylic acids is 1. The summed E-state index contributed by atoms with van der Waals surface area (Å²) >= 11 is 0. The Morgan fingerprint density at radius 2 is 1.43 bits per heavy atom. The first-order valence-electron chi connectivity index (χ1n) is 6.92. The second-order valence-electron chi connectivity index (χ2n) is 5.16. The molecule has 3 N–H and O–H groups in total. The highest BCUT2D eigenvalue weighted by atomic mass is 16.4. The van der Waals surface area contributed by atoms with Gasteiger partial charge in [-0.1, -0.05) is 31.2 Å². The van der Waals surface area contributed by atoms with Crippen LogP contribution in [0.3, 0.4) is 0 Å². The van der Waals surface area contributed by atoms with Crippen LogP contribution in [0.15, 0.2) is 24.3 Å². The van der Waals surface area contributed by atoms with Crippen LogP contribution in [0.5, 0.6) is 11.5 Å². The third-order valence-electron chi connectivity index (χ3n) is 3.99. The highest BCUT2D eigenvalue weighted by Crippen LogP contribution is 2.43. The summed E-state index contributed by atoms with van der Waals surface area (Å²) in [5, 5.41) is 29.9.